The molecule has 1 atom stereocenters. The lowest BCUT2D eigenvalue weighted by Gasteiger charge is -2.10. The molecule has 1 N–H and O–H groups in total. The Bertz CT molecular complexity index is 1040. The normalized spacial score (nSPS) is 19.6. The molecule has 160 valence electrons. The van der Waals surface area contributed by atoms with Gasteiger partial charge in [0.25, 0.3) is 5.91 Å². The smallest absolute Gasteiger partial charge is 0.280 e. The number of amides is 1. The van der Waals surface area contributed by atoms with Crippen molar-refractivity contribution in [3.63, 3.8) is 0 Å². The number of carbonyl (C=O) groups is 1. The van der Waals surface area contributed by atoms with E-state index in [9.17, 15) is 13.2 Å². The van der Waals surface area contributed by atoms with Gasteiger partial charge >= 0.3 is 0 Å². The molecule has 2 fully saturated rings. The minimum atomic E-state index is -3.30. The van der Waals surface area contributed by atoms with Crippen LogP contribution in [0.2, 0.25) is 0 Å². The molecule has 8 nitrogen and oxygen atoms in total. The predicted octanol–water partition coefficient (Wildman–Crippen LogP) is 2.95. The molecule has 0 unspecified atom stereocenters. The lowest BCUT2D eigenvalue weighted by Crippen LogP contribution is -2.25. The number of oxime groups is 1. The van der Waals surface area contributed by atoms with Crippen molar-refractivity contribution >= 4 is 49.7 Å². The Morgan fingerprint density at radius 2 is 2.07 bits per heavy atom. The molecule has 0 bridgehead atoms. The van der Waals surface area contributed by atoms with E-state index in [1.807, 2.05) is 6.26 Å². The van der Waals surface area contributed by atoms with Crippen molar-refractivity contribution in [1.29, 1.82) is 0 Å². The summed E-state index contributed by atoms with van der Waals surface area (Å²) in [5.41, 5.74) is 0.515. The van der Waals surface area contributed by atoms with E-state index in [1.54, 1.807) is 18.3 Å². The third kappa shape index (κ3) is 4.85. The van der Waals surface area contributed by atoms with Gasteiger partial charge in [0.2, 0.25) is 0 Å². The first-order chi connectivity index (χ1) is 14.5. The zero-order valence-electron chi connectivity index (χ0n) is 16.2. The highest BCUT2D eigenvalue weighted by Gasteiger charge is 2.36. The van der Waals surface area contributed by atoms with Gasteiger partial charge < -0.3 is 9.57 Å². The number of nitrogens with zero attached hydrogens (tertiary/aromatic N) is 2. The number of nitrogens with one attached hydrogen (secondary N) is 1. The van der Waals surface area contributed by atoms with Crippen LogP contribution in [-0.2, 0) is 24.2 Å². The minimum absolute atomic E-state index is 0.0539. The summed E-state index contributed by atoms with van der Waals surface area (Å²) in [6.45, 7) is 1.01. The Labute approximate surface area is 183 Å². The average Bonchev–Trinajstić information content (AvgIpc) is 3.31. The van der Waals surface area contributed by atoms with Crippen molar-refractivity contribution in [3.05, 3.63) is 36.0 Å². The van der Waals surface area contributed by atoms with Gasteiger partial charge in [-0.25, -0.2) is 13.4 Å². The van der Waals surface area contributed by atoms with E-state index in [4.69, 9.17) is 9.57 Å². The monoisotopic (exact) mass is 467 g/mol. The first-order valence-corrected chi connectivity index (χ1v) is 13.0. The molecule has 1 aliphatic heterocycles. The fourth-order valence-electron chi connectivity index (χ4n) is 2.89. The lowest BCUT2D eigenvalue weighted by molar-refractivity contribution is -0.110. The maximum absolute atomic E-state index is 12.9. The van der Waals surface area contributed by atoms with Crippen LogP contribution in [0.4, 0.5) is 5.13 Å². The molecule has 30 heavy (non-hydrogen) atoms. The first-order valence-electron chi connectivity index (χ1n) is 9.44. The number of hydrogen-bond acceptors (Lipinski definition) is 9. The highest BCUT2D eigenvalue weighted by Crippen LogP contribution is 2.33. The van der Waals surface area contributed by atoms with Crippen molar-refractivity contribution in [1.82, 2.24) is 4.98 Å². The number of hydrogen-bond donors (Lipinski definition) is 1. The van der Waals surface area contributed by atoms with Crippen LogP contribution < -0.4 is 5.32 Å². The zero-order chi connectivity index (χ0) is 21.1. The van der Waals surface area contributed by atoms with E-state index in [2.05, 4.69) is 15.5 Å². The Balaban J connectivity index is 1.57. The highest BCUT2D eigenvalue weighted by atomic mass is 32.2. The van der Waals surface area contributed by atoms with E-state index < -0.39 is 15.7 Å². The maximum atomic E-state index is 12.9. The number of benzene rings is 1. The Kier molecular flexibility index (Phi) is 6.42. The molecule has 1 aliphatic carbocycles. The number of rotatable bonds is 8. The van der Waals surface area contributed by atoms with E-state index in [0.29, 0.717) is 43.2 Å². The van der Waals surface area contributed by atoms with Gasteiger partial charge in [-0.1, -0.05) is 28.6 Å². The second kappa shape index (κ2) is 9.04. The molecular weight excluding hydrogens is 446 g/mol. The van der Waals surface area contributed by atoms with Crippen LogP contribution in [-0.4, -0.2) is 55.8 Å². The lowest BCUT2D eigenvalue weighted by atomic mass is 10.1. The minimum Gasteiger partial charge on any atom is -0.389 e. The molecule has 4 rings (SSSR count). The Morgan fingerprint density at radius 1 is 1.30 bits per heavy atom. The molecule has 2 aliphatic rings. The van der Waals surface area contributed by atoms with Crippen LogP contribution in [0.1, 0.15) is 24.8 Å². The van der Waals surface area contributed by atoms with E-state index in [-0.39, 0.29) is 22.0 Å². The van der Waals surface area contributed by atoms with Gasteiger partial charge in [0.05, 0.1) is 33.8 Å². The molecule has 1 amide bonds. The number of carbonyl (C=O) groups excluding carboxylic acids is 1. The molecule has 1 aromatic heterocycles. The van der Waals surface area contributed by atoms with Crippen molar-refractivity contribution in [2.24, 2.45) is 5.16 Å². The average molecular weight is 468 g/mol. The van der Waals surface area contributed by atoms with Gasteiger partial charge in [0.15, 0.2) is 26.8 Å². The fraction of sp³-hybridized carbons (Fsp3) is 0.421. The van der Waals surface area contributed by atoms with Gasteiger partial charge in [-0.2, -0.15) is 0 Å². The zero-order valence-corrected chi connectivity index (χ0v) is 18.7. The van der Waals surface area contributed by atoms with Crippen LogP contribution in [0.25, 0.3) is 0 Å². The molecule has 2 heterocycles. The van der Waals surface area contributed by atoms with E-state index in [1.165, 1.54) is 35.2 Å². The number of sulfone groups is 1. The van der Waals surface area contributed by atoms with Gasteiger partial charge in [-0.15, -0.1) is 11.8 Å². The predicted molar refractivity (Wildman–Crippen MR) is 116 cm³/mol. The molecular formula is C19H21N3O5S3. The number of ether oxygens (including phenoxy) is 1. The largest absolute Gasteiger partial charge is 0.389 e. The van der Waals surface area contributed by atoms with Crippen LogP contribution >= 0.6 is 23.1 Å². The topological polar surface area (TPSA) is 107 Å². The molecule has 1 saturated heterocycles. The molecule has 11 heteroatoms. The van der Waals surface area contributed by atoms with Crippen molar-refractivity contribution in [3.8, 4) is 0 Å². The third-order valence-corrected chi connectivity index (χ3v) is 8.97. The third-order valence-electron chi connectivity index (χ3n) is 4.72. The standard InChI is InChI=1S/C19H21N3O5S3/c1-28-16-10-20-19(29-16)21-18(23)17(22-27-13-8-9-26-11-13)12-2-4-14(5-3-12)30(24,25)15-6-7-15/h2-5,10,13,15H,6-9,11H2,1H3,(H,20,21,23)/b22-17+/t13-/m1/s1. The van der Waals surface area contributed by atoms with Gasteiger partial charge in [-0.3, -0.25) is 10.1 Å². The SMILES string of the molecule is CSc1cnc(NC(=O)/C(=N/O[C@@H]2CCOC2)c2ccc(S(=O)(=O)C3CC3)cc2)s1. The molecule has 1 saturated carbocycles. The summed E-state index contributed by atoms with van der Waals surface area (Å²) < 4.78 is 31.1. The molecule has 2 aromatic rings. The summed E-state index contributed by atoms with van der Waals surface area (Å²) in [5.74, 6) is -0.478. The summed E-state index contributed by atoms with van der Waals surface area (Å²) in [6, 6.07) is 6.19. The van der Waals surface area contributed by atoms with E-state index in [0.717, 1.165) is 4.21 Å². The summed E-state index contributed by atoms with van der Waals surface area (Å²) in [6.07, 6.45) is 5.49. The summed E-state index contributed by atoms with van der Waals surface area (Å²) in [7, 11) is -3.30. The van der Waals surface area contributed by atoms with Crippen LogP contribution in [0.3, 0.4) is 0 Å². The van der Waals surface area contributed by atoms with Crippen LogP contribution in [0, 0.1) is 0 Å². The molecule has 0 radical (unpaired) electrons. The molecule has 0 spiro atoms. The van der Waals surface area contributed by atoms with Crippen LogP contribution in [0.15, 0.2) is 44.7 Å². The number of thiazole rings is 1. The van der Waals surface area contributed by atoms with Crippen molar-refractivity contribution < 1.29 is 22.8 Å². The quantitative estimate of drug-likeness (QED) is 0.361. The van der Waals surface area contributed by atoms with Crippen molar-refractivity contribution in [2.75, 3.05) is 24.8 Å². The Morgan fingerprint density at radius 3 is 2.67 bits per heavy atom. The highest BCUT2D eigenvalue weighted by molar-refractivity contribution is 8.00. The summed E-state index contributed by atoms with van der Waals surface area (Å²) in [5, 5.41) is 6.99. The number of thioether (sulfide) groups is 1. The maximum Gasteiger partial charge on any atom is 0.280 e. The van der Waals surface area contributed by atoms with Crippen LogP contribution in [0.5, 0.6) is 0 Å². The van der Waals surface area contributed by atoms with Gasteiger partial charge in [-0.05, 0) is 31.2 Å². The van der Waals surface area contributed by atoms with Gasteiger partial charge in [0.1, 0.15) is 0 Å². The fourth-order valence-corrected chi connectivity index (χ4v) is 5.82. The second-order valence-electron chi connectivity index (χ2n) is 6.94. The second-order valence-corrected chi connectivity index (χ2v) is 11.3. The number of aromatic nitrogens is 1. The van der Waals surface area contributed by atoms with Crippen molar-refractivity contribution in [2.45, 2.75) is 39.7 Å². The van der Waals surface area contributed by atoms with Gasteiger partial charge in [0, 0.05) is 12.0 Å². The number of anilines is 1. The van der Waals surface area contributed by atoms with E-state index >= 15 is 0 Å². The Hall–Kier alpha value is -1.95. The summed E-state index contributed by atoms with van der Waals surface area (Å²) in [4.78, 5) is 22.9. The molecule has 1 aromatic carbocycles. The first kappa shape index (κ1) is 21.3. The summed E-state index contributed by atoms with van der Waals surface area (Å²) >= 11 is 2.90.